The molecule has 8 heteroatoms. The van der Waals surface area contributed by atoms with E-state index in [9.17, 15) is 16.8 Å². The third-order valence-electron chi connectivity index (χ3n) is 7.77. The highest BCUT2D eigenvalue weighted by Gasteiger charge is 2.58. The molecule has 0 atom stereocenters. The Bertz CT molecular complexity index is 2280. The van der Waals surface area contributed by atoms with E-state index in [1.165, 1.54) is 36.4 Å². The van der Waals surface area contributed by atoms with E-state index in [0.29, 0.717) is 21.9 Å². The molecule has 1 aliphatic heterocycles. The fourth-order valence-corrected chi connectivity index (χ4v) is 10.6. The molecule has 1 N–H and O–H groups in total. The largest absolute Gasteiger partial charge is 0.355 e. The van der Waals surface area contributed by atoms with Crippen molar-refractivity contribution in [1.29, 1.82) is 0 Å². The molecular weight excluding hydrogens is 540 g/mol. The van der Waals surface area contributed by atoms with Crippen LogP contribution < -0.4 is 10.7 Å². The standard InChI is InChI=1S/C32H24N2O4S2/c1-20-9-13-22(14-10-20)39(35,36)32(40(37,38)23-15-11-21(2)12-16-23)17-5-8-28-31(32)26-19-29-25(18-30(26)34-28)24-6-3-4-7-27(24)33-29/h3-19,34H,1-2H3. The number of rotatable bonds is 4. The van der Waals surface area contributed by atoms with Gasteiger partial charge in [-0.3, -0.25) is 0 Å². The summed E-state index contributed by atoms with van der Waals surface area (Å²) in [5.74, 6) is 0. The number of para-hydroxylation sites is 1. The predicted molar refractivity (Wildman–Crippen MR) is 155 cm³/mol. The molecule has 0 saturated carbocycles. The van der Waals surface area contributed by atoms with Crippen molar-refractivity contribution in [3.05, 3.63) is 135 Å². The number of sulfone groups is 2. The Labute approximate surface area is 231 Å². The van der Waals surface area contributed by atoms with E-state index >= 15 is 0 Å². The zero-order valence-corrected chi connectivity index (χ0v) is 23.3. The molecule has 6 nitrogen and oxygen atoms in total. The van der Waals surface area contributed by atoms with Gasteiger partial charge in [0.25, 0.3) is 0 Å². The molecule has 1 aliphatic carbocycles. The molecule has 0 bridgehead atoms. The molecule has 0 spiro atoms. The van der Waals surface area contributed by atoms with E-state index in [4.69, 9.17) is 4.99 Å². The summed E-state index contributed by atoms with van der Waals surface area (Å²) in [5.41, 5.74) is 3.22. The van der Waals surface area contributed by atoms with Gasteiger partial charge in [0, 0.05) is 32.3 Å². The molecule has 7 rings (SSSR count). The average Bonchev–Trinajstić information content (AvgIpc) is 3.49. The van der Waals surface area contributed by atoms with Crippen molar-refractivity contribution in [2.45, 2.75) is 27.7 Å². The summed E-state index contributed by atoms with van der Waals surface area (Å²) < 4.78 is 56.5. The number of aromatic amines is 1. The number of allylic oxidation sites excluding steroid dienone is 1. The lowest BCUT2D eigenvalue weighted by atomic mass is 10.0. The van der Waals surface area contributed by atoms with Gasteiger partial charge in [-0.15, -0.1) is 0 Å². The van der Waals surface area contributed by atoms with Crippen LogP contribution in [0.5, 0.6) is 0 Å². The summed E-state index contributed by atoms with van der Waals surface area (Å²) in [4.78, 5) is 7.94. The van der Waals surface area contributed by atoms with Crippen molar-refractivity contribution in [2.24, 2.45) is 4.99 Å². The summed E-state index contributed by atoms with van der Waals surface area (Å²) in [6, 6.07) is 24.1. The number of hydrogen-bond donors (Lipinski definition) is 1. The molecule has 5 aromatic rings. The van der Waals surface area contributed by atoms with Crippen molar-refractivity contribution < 1.29 is 16.8 Å². The molecule has 0 fully saturated rings. The Hall–Kier alpha value is -4.27. The van der Waals surface area contributed by atoms with Gasteiger partial charge in [0.2, 0.25) is 23.8 Å². The number of aromatic nitrogens is 1. The predicted octanol–water partition coefficient (Wildman–Crippen LogP) is 4.79. The number of benzene rings is 4. The minimum atomic E-state index is -4.54. The summed E-state index contributed by atoms with van der Waals surface area (Å²) >= 11 is 0. The molecule has 198 valence electrons. The lowest BCUT2D eigenvalue weighted by Crippen LogP contribution is -2.46. The molecule has 2 aliphatic rings. The van der Waals surface area contributed by atoms with Crippen LogP contribution in [0.4, 0.5) is 5.69 Å². The second-order valence-corrected chi connectivity index (χ2v) is 14.8. The molecule has 40 heavy (non-hydrogen) atoms. The minimum absolute atomic E-state index is 0.0705. The van der Waals surface area contributed by atoms with E-state index in [2.05, 4.69) is 4.98 Å². The molecule has 0 radical (unpaired) electrons. The highest BCUT2D eigenvalue weighted by atomic mass is 32.3. The first-order valence-electron chi connectivity index (χ1n) is 12.8. The second kappa shape index (κ2) is 8.36. The van der Waals surface area contributed by atoms with Crippen molar-refractivity contribution >= 4 is 42.3 Å². The zero-order valence-electron chi connectivity index (χ0n) is 21.7. The topological polar surface area (TPSA) is 96.4 Å². The van der Waals surface area contributed by atoms with Gasteiger partial charge < -0.3 is 4.98 Å². The fraction of sp³-hybridized carbons (Fsp3) is 0.0938. The van der Waals surface area contributed by atoms with E-state index < -0.39 is 23.8 Å². The minimum Gasteiger partial charge on any atom is -0.355 e. The molecular formula is C32H24N2O4S2. The number of fused-ring (bicyclic) bond motifs is 5. The van der Waals surface area contributed by atoms with Gasteiger partial charge >= 0.3 is 0 Å². The van der Waals surface area contributed by atoms with Crippen LogP contribution in [0, 0.1) is 24.3 Å². The van der Waals surface area contributed by atoms with Gasteiger partial charge in [0.15, 0.2) is 0 Å². The van der Waals surface area contributed by atoms with Crippen LogP contribution in [0.3, 0.4) is 0 Å². The van der Waals surface area contributed by atoms with Crippen LogP contribution in [0.25, 0.3) is 17.0 Å². The summed E-state index contributed by atoms with van der Waals surface area (Å²) in [5, 5.41) is 3.62. The molecule has 0 unspecified atom stereocenters. The summed E-state index contributed by atoms with van der Waals surface area (Å²) in [6.45, 7) is 3.70. The Balaban J connectivity index is 1.63. The highest BCUT2D eigenvalue weighted by Crippen LogP contribution is 2.48. The number of nitrogens with zero attached hydrogens (tertiary/aromatic N) is 1. The number of aryl methyl sites for hydroxylation is 2. The summed E-state index contributed by atoms with van der Waals surface area (Å²) in [7, 11) is -9.09. The normalized spacial score (nSPS) is 15.2. The third kappa shape index (κ3) is 3.23. The first kappa shape index (κ1) is 24.7. The van der Waals surface area contributed by atoms with E-state index in [-0.39, 0.29) is 15.4 Å². The Kier molecular flexibility index (Phi) is 5.18. The lowest BCUT2D eigenvalue weighted by molar-refractivity contribution is 0.561. The fourth-order valence-electron chi connectivity index (χ4n) is 5.72. The van der Waals surface area contributed by atoms with Crippen LogP contribution in [0.2, 0.25) is 0 Å². The van der Waals surface area contributed by atoms with E-state index in [1.807, 2.05) is 44.2 Å². The molecule has 0 saturated heterocycles. The second-order valence-electron chi connectivity index (χ2n) is 10.3. The average molecular weight is 565 g/mol. The summed E-state index contributed by atoms with van der Waals surface area (Å²) in [6.07, 6.45) is 4.55. The van der Waals surface area contributed by atoms with Gasteiger partial charge in [-0.25, -0.2) is 21.8 Å². The van der Waals surface area contributed by atoms with E-state index in [1.54, 1.807) is 36.4 Å². The first-order valence-corrected chi connectivity index (χ1v) is 15.8. The Morgan fingerprint density at radius 2 is 1.32 bits per heavy atom. The Morgan fingerprint density at radius 1 is 0.725 bits per heavy atom. The van der Waals surface area contributed by atoms with Gasteiger partial charge in [0.1, 0.15) is 0 Å². The maximum absolute atomic E-state index is 14.7. The molecule has 1 aromatic heterocycles. The SMILES string of the molecule is Cc1ccc(S(=O)(=O)C2(S(=O)(=O)c3ccc(C)cc3)C=CC=c3[nH]c4cc5c(cc4c32)N=c2ccccc2=5)cc1. The number of hydrogen-bond acceptors (Lipinski definition) is 5. The van der Waals surface area contributed by atoms with Crippen molar-refractivity contribution in [1.82, 2.24) is 4.98 Å². The van der Waals surface area contributed by atoms with E-state index in [0.717, 1.165) is 26.9 Å². The lowest BCUT2D eigenvalue weighted by Gasteiger charge is -2.32. The monoisotopic (exact) mass is 564 g/mol. The van der Waals surface area contributed by atoms with Gasteiger partial charge in [0.05, 0.1) is 20.8 Å². The van der Waals surface area contributed by atoms with Crippen LogP contribution in [-0.2, 0) is 23.8 Å². The van der Waals surface area contributed by atoms with Gasteiger partial charge in [-0.2, -0.15) is 0 Å². The van der Waals surface area contributed by atoms with Crippen molar-refractivity contribution in [2.75, 3.05) is 0 Å². The van der Waals surface area contributed by atoms with Crippen LogP contribution >= 0.6 is 0 Å². The zero-order chi connectivity index (χ0) is 27.9. The maximum Gasteiger partial charge on any atom is 0.227 e. The van der Waals surface area contributed by atoms with Crippen molar-refractivity contribution in [3.8, 4) is 0 Å². The maximum atomic E-state index is 14.7. The molecule has 0 amide bonds. The van der Waals surface area contributed by atoms with Crippen LogP contribution in [0.15, 0.2) is 112 Å². The number of H-pyrrole nitrogens is 1. The number of nitrogens with one attached hydrogen (secondary N) is 1. The Morgan fingerprint density at radius 3 is 1.95 bits per heavy atom. The quantitative estimate of drug-likeness (QED) is 0.333. The molecule has 2 heterocycles. The third-order valence-corrected chi connectivity index (χ3v) is 13.1. The van der Waals surface area contributed by atoms with Crippen LogP contribution in [-0.4, -0.2) is 21.8 Å². The molecule has 4 aromatic carbocycles. The van der Waals surface area contributed by atoms with Crippen LogP contribution in [0.1, 0.15) is 16.7 Å². The van der Waals surface area contributed by atoms with Crippen molar-refractivity contribution in [3.63, 3.8) is 0 Å². The highest BCUT2D eigenvalue weighted by molar-refractivity contribution is 8.10. The van der Waals surface area contributed by atoms with Gasteiger partial charge in [-0.05, 0) is 68.5 Å². The first-order chi connectivity index (χ1) is 19.1. The smallest absolute Gasteiger partial charge is 0.227 e. The van der Waals surface area contributed by atoms with Gasteiger partial charge in [-0.1, -0.05) is 59.7 Å².